The Morgan fingerprint density at radius 3 is 2.32 bits per heavy atom. The van der Waals surface area contributed by atoms with Crippen molar-refractivity contribution in [2.24, 2.45) is 5.92 Å². The van der Waals surface area contributed by atoms with Crippen LogP contribution in [-0.2, 0) is 11.3 Å². The van der Waals surface area contributed by atoms with E-state index in [4.69, 9.17) is 32.9 Å². The van der Waals surface area contributed by atoms with Gasteiger partial charge in [0.05, 0.1) is 18.1 Å². The van der Waals surface area contributed by atoms with Gasteiger partial charge in [-0.25, -0.2) is 19.3 Å². The summed E-state index contributed by atoms with van der Waals surface area (Å²) >= 11 is 12.6. The number of pyridine rings is 1. The van der Waals surface area contributed by atoms with Crippen molar-refractivity contribution in [3.63, 3.8) is 0 Å². The molecule has 12 heteroatoms. The van der Waals surface area contributed by atoms with Crippen LogP contribution in [0, 0.1) is 5.92 Å². The highest BCUT2D eigenvalue weighted by Crippen LogP contribution is 2.31. The Morgan fingerprint density at radius 1 is 0.977 bits per heavy atom. The fourth-order valence-electron chi connectivity index (χ4n) is 6.18. The zero-order chi connectivity index (χ0) is 30.6. The highest BCUT2D eigenvalue weighted by atomic mass is 35.5. The minimum atomic E-state index is -0.660. The SMILES string of the molecule is CC(=O)NCC1CCN(Cc2cc(Oc3cnc(N4CC(N5CCC(F)CC5)C4)nc3)nc(-c3cc(Cl)cc(Cl)c3)c2)CC1. The van der Waals surface area contributed by atoms with E-state index in [9.17, 15) is 9.18 Å². The fraction of sp³-hybridized carbons (Fsp3) is 0.500. The molecule has 2 aromatic heterocycles. The van der Waals surface area contributed by atoms with Crippen molar-refractivity contribution in [2.45, 2.75) is 51.4 Å². The summed E-state index contributed by atoms with van der Waals surface area (Å²) in [6.07, 6.45) is 6.00. The van der Waals surface area contributed by atoms with E-state index in [0.29, 0.717) is 58.1 Å². The summed E-state index contributed by atoms with van der Waals surface area (Å²) in [5, 5.41) is 4.02. The summed E-state index contributed by atoms with van der Waals surface area (Å²) in [6, 6.07) is 9.81. The van der Waals surface area contributed by atoms with E-state index in [2.05, 4.69) is 30.0 Å². The molecule has 0 unspecified atom stereocenters. The summed E-state index contributed by atoms with van der Waals surface area (Å²) in [7, 11) is 0. The lowest BCUT2D eigenvalue weighted by Gasteiger charge is -2.46. The predicted molar refractivity (Wildman–Crippen MR) is 170 cm³/mol. The van der Waals surface area contributed by atoms with Crippen LogP contribution in [0.15, 0.2) is 42.7 Å². The number of hydrogen-bond donors (Lipinski definition) is 1. The van der Waals surface area contributed by atoms with Crippen LogP contribution >= 0.6 is 23.2 Å². The van der Waals surface area contributed by atoms with E-state index in [-0.39, 0.29) is 5.91 Å². The van der Waals surface area contributed by atoms with Gasteiger partial charge in [0, 0.05) is 73.9 Å². The summed E-state index contributed by atoms with van der Waals surface area (Å²) in [5.41, 5.74) is 2.57. The first-order chi connectivity index (χ1) is 21.3. The second-order valence-corrected chi connectivity index (χ2v) is 13.0. The number of carbonyl (C=O) groups excluding carboxylic acids is 1. The maximum absolute atomic E-state index is 13.5. The van der Waals surface area contributed by atoms with Gasteiger partial charge in [-0.3, -0.25) is 14.6 Å². The Hall–Kier alpha value is -3.05. The molecule has 3 aliphatic heterocycles. The lowest BCUT2D eigenvalue weighted by Crippen LogP contribution is -2.61. The third-order valence-electron chi connectivity index (χ3n) is 8.73. The highest BCUT2D eigenvalue weighted by Gasteiger charge is 2.35. The van der Waals surface area contributed by atoms with Gasteiger partial charge in [-0.15, -0.1) is 0 Å². The van der Waals surface area contributed by atoms with E-state index in [1.54, 1.807) is 25.4 Å². The Bertz CT molecular complexity index is 1420. The van der Waals surface area contributed by atoms with Gasteiger partial charge in [0.2, 0.25) is 17.7 Å². The van der Waals surface area contributed by atoms with Crippen LogP contribution in [-0.4, -0.2) is 88.7 Å². The molecule has 1 aromatic carbocycles. The Morgan fingerprint density at radius 2 is 1.66 bits per heavy atom. The number of aromatic nitrogens is 3. The van der Waals surface area contributed by atoms with Crippen LogP contribution in [0.3, 0.4) is 0 Å². The van der Waals surface area contributed by atoms with Crippen molar-refractivity contribution in [2.75, 3.05) is 50.7 Å². The molecule has 0 spiro atoms. The van der Waals surface area contributed by atoms with E-state index in [1.165, 1.54) is 0 Å². The van der Waals surface area contributed by atoms with Crippen LogP contribution in [0.5, 0.6) is 11.6 Å². The molecule has 5 heterocycles. The standard InChI is InChI=1S/C32H38Cl2FN7O2/c1-21(43)36-15-22-2-6-40(7-3-22)18-23-10-30(24-12-25(33)14-26(34)13-24)39-31(11-23)44-29-16-37-32(38-17-29)42-19-28(20-42)41-8-4-27(35)5-9-41/h10-14,16-17,22,27-28H,2-9,15,18-20H2,1H3,(H,36,43). The first-order valence-corrected chi connectivity index (χ1v) is 16.1. The molecule has 0 radical (unpaired) electrons. The lowest BCUT2D eigenvalue weighted by atomic mass is 9.96. The van der Waals surface area contributed by atoms with Gasteiger partial charge in [0.1, 0.15) is 6.17 Å². The number of nitrogens with one attached hydrogen (secondary N) is 1. The van der Waals surface area contributed by atoms with Gasteiger partial charge >= 0.3 is 0 Å². The molecule has 44 heavy (non-hydrogen) atoms. The molecular weight excluding hydrogens is 604 g/mol. The maximum atomic E-state index is 13.5. The monoisotopic (exact) mass is 641 g/mol. The number of benzene rings is 1. The van der Waals surface area contributed by atoms with Gasteiger partial charge in [-0.05, 0) is 74.5 Å². The molecule has 1 N–H and O–H groups in total. The first kappa shape index (κ1) is 31.0. The quantitative estimate of drug-likeness (QED) is 0.323. The Balaban J connectivity index is 1.13. The summed E-state index contributed by atoms with van der Waals surface area (Å²) < 4.78 is 19.7. The second kappa shape index (κ2) is 13.9. The van der Waals surface area contributed by atoms with Crippen molar-refractivity contribution < 1.29 is 13.9 Å². The average molecular weight is 643 g/mol. The van der Waals surface area contributed by atoms with Crippen LogP contribution in [0.4, 0.5) is 10.3 Å². The number of rotatable bonds is 9. The zero-order valence-electron chi connectivity index (χ0n) is 24.9. The molecule has 0 saturated carbocycles. The van der Waals surface area contributed by atoms with Crippen molar-refractivity contribution in [3.05, 3.63) is 58.3 Å². The average Bonchev–Trinajstić information content (AvgIpc) is 2.97. The normalized spacial score (nSPS) is 19.1. The lowest BCUT2D eigenvalue weighted by molar-refractivity contribution is -0.119. The van der Waals surface area contributed by atoms with E-state index in [0.717, 1.165) is 76.3 Å². The van der Waals surface area contributed by atoms with Crippen molar-refractivity contribution in [1.82, 2.24) is 30.1 Å². The molecule has 0 bridgehead atoms. The van der Waals surface area contributed by atoms with E-state index >= 15 is 0 Å². The third-order valence-corrected chi connectivity index (χ3v) is 9.17. The van der Waals surface area contributed by atoms with Crippen molar-refractivity contribution >= 4 is 35.1 Å². The van der Waals surface area contributed by atoms with Crippen molar-refractivity contribution in [1.29, 1.82) is 0 Å². The molecular formula is C32H38Cl2FN7O2. The number of piperidine rings is 2. The molecule has 0 aliphatic carbocycles. The predicted octanol–water partition coefficient (Wildman–Crippen LogP) is 5.61. The number of hydrogen-bond acceptors (Lipinski definition) is 8. The Labute approximate surface area is 267 Å². The van der Waals surface area contributed by atoms with Crippen LogP contribution in [0.1, 0.15) is 38.2 Å². The zero-order valence-corrected chi connectivity index (χ0v) is 26.4. The molecule has 3 saturated heterocycles. The molecule has 3 fully saturated rings. The number of alkyl halides is 1. The van der Waals surface area contributed by atoms with Gasteiger partial charge < -0.3 is 15.0 Å². The summed E-state index contributed by atoms with van der Waals surface area (Å²) in [5.74, 6) is 2.10. The number of carbonyl (C=O) groups is 1. The minimum Gasteiger partial charge on any atom is -0.436 e. The van der Waals surface area contributed by atoms with Gasteiger partial charge in [-0.1, -0.05) is 23.2 Å². The van der Waals surface area contributed by atoms with Crippen LogP contribution in [0.25, 0.3) is 11.3 Å². The largest absolute Gasteiger partial charge is 0.436 e. The molecule has 1 amide bonds. The number of halogens is 3. The van der Waals surface area contributed by atoms with E-state index in [1.807, 2.05) is 24.3 Å². The number of likely N-dealkylation sites (tertiary alicyclic amines) is 2. The molecule has 9 nitrogen and oxygen atoms in total. The van der Waals surface area contributed by atoms with Gasteiger partial charge in [-0.2, -0.15) is 0 Å². The number of ether oxygens (including phenoxy) is 1. The molecule has 3 aromatic rings. The summed E-state index contributed by atoms with van der Waals surface area (Å²) in [4.78, 5) is 32.1. The smallest absolute Gasteiger partial charge is 0.225 e. The number of amides is 1. The molecule has 6 rings (SSSR count). The number of anilines is 1. The van der Waals surface area contributed by atoms with Crippen LogP contribution < -0.4 is 15.0 Å². The van der Waals surface area contributed by atoms with E-state index < -0.39 is 6.17 Å². The third kappa shape index (κ3) is 7.96. The first-order valence-electron chi connectivity index (χ1n) is 15.3. The molecule has 3 aliphatic rings. The van der Waals surface area contributed by atoms with Gasteiger partial charge in [0.25, 0.3) is 0 Å². The fourth-order valence-corrected chi connectivity index (χ4v) is 6.70. The minimum absolute atomic E-state index is 0.0194. The van der Waals surface area contributed by atoms with Crippen molar-refractivity contribution in [3.8, 4) is 22.9 Å². The maximum Gasteiger partial charge on any atom is 0.225 e. The second-order valence-electron chi connectivity index (χ2n) is 12.1. The topological polar surface area (TPSA) is 86.7 Å². The Kier molecular flexibility index (Phi) is 9.80. The highest BCUT2D eigenvalue weighted by molar-refractivity contribution is 6.35. The number of nitrogens with zero attached hydrogens (tertiary/aromatic N) is 6. The van der Waals surface area contributed by atoms with Gasteiger partial charge in [0.15, 0.2) is 5.75 Å². The summed E-state index contributed by atoms with van der Waals surface area (Å²) in [6.45, 7) is 8.25. The van der Waals surface area contributed by atoms with Crippen LogP contribution in [0.2, 0.25) is 10.0 Å². The molecule has 0 atom stereocenters. The molecule has 234 valence electrons.